The molecule has 1 N–H and O–H groups in total. The second-order valence-corrected chi connectivity index (χ2v) is 6.40. The number of amides is 1. The number of hydrogen-bond donors (Lipinski definition) is 1. The van der Waals surface area contributed by atoms with E-state index in [4.69, 9.17) is 0 Å². The molecule has 1 amide bonds. The van der Waals surface area contributed by atoms with Crippen molar-refractivity contribution in [2.75, 3.05) is 44.7 Å². The largest absolute Gasteiger partial charge is 0.369 e. The average Bonchev–Trinajstić information content (AvgIpc) is 2.51. The quantitative estimate of drug-likeness (QED) is 0.922. The number of rotatable bonds is 3. The number of benzene rings is 1. The molecular weight excluding hydrogens is 281 g/mol. The van der Waals surface area contributed by atoms with Gasteiger partial charge in [0.1, 0.15) is 5.82 Å². The minimum absolute atomic E-state index is 0.0261. The highest BCUT2D eigenvalue weighted by atomic mass is 19.1. The first-order valence-corrected chi connectivity index (χ1v) is 8.13. The summed E-state index contributed by atoms with van der Waals surface area (Å²) in [5.74, 6) is -0.134. The van der Waals surface area contributed by atoms with E-state index in [1.807, 2.05) is 6.07 Å². The highest BCUT2D eigenvalue weighted by Crippen LogP contribution is 2.27. The van der Waals surface area contributed by atoms with Crippen LogP contribution in [0.3, 0.4) is 0 Å². The summed E-state index contributed by atoms with van der Waals surface area (Å²) in [5.41, 5.74) is 2.06. The molecule has 5 heteroatoms. The summed E-state index contributed by atoms with van der Waals surface area (Å²) in [4.78, 5) is 16.6. The SMILES string of the molecule is CN1CCN(c2ccc(F)cc2CC2CCCNC2=O)CC1. The maximum atomic E-state index is 13.7. The Balaban J connectivity index is 1.79. The van der Waals surface area contributed by atoms with Crippen LogP contribution >= 0.6 is 0 Å². The molecule has 22 heavy (non-hydrogen) atoms. The first kappa shape index (κ1) is 15.3. The van der Waals surface area contributed by atoms with Gasteiger partial charge in [0.05, 0.1) is 0 Å². The molecule has 120 valence electrons. The fourth-order valence-corrected chi connectivity index (χ4v) is 3.37. The lowest BCUT2D eigenvalue weighted by molar-refractivity contribution is -0.126. The van der Waals surface area contributed by atoms with E-state index in [2.05, 4.69) is 22.2 Å². The highest BCUT2D eigenvalue weighted by molar-refractivity contribution is 5.80. The molecule has 1 atom stereocenters. The summed E-state index contributed by atoms with van der Waals surface area (Å²) in [6.07, 6.45) is 2.53. The van der Waals surface area contributed by atoms with Crippen LogP contribution in [0.15, 0.2) is 18.2 Å². The summed E-state index contributed by atoms with van der Waals surface area (Å²) in [6.45, 7) is 4.70. The van der Waals surface area contributed by atoms with Gasteiger partial charge in [0, 0.05) is 44.3 Å². The predicted octanol–water partition coefficient (Wildman–Crippen LogP) is 1.65. The second-order valence-electron chi connectivity index (χ2n) is 6.40. The van der Waals surface area contributed by atoms with Gasteiger partial charge in [-0.25, -0.2) is 4.39 Å². The van der Waals surface area contributed by atoms with Crippen LogP contribution in [0.2, 0.25) is 0 Å². The summed E-state index contributed by atoms with van der Waals surface area (Å²) < 4.78 is 13.7. The lowest BCUT2D eigenvalue weighted by Crippen LogP contribution is -2.45. The minimum atomic E-state index is -0.218. The molecule has 1 unspecified atom stereocenters. The van der Waals surface area contributed by atoms with E-state index in [0.717, 1.165) is 56.8 Å². The van der Waals surface area contributed by atoms with Crippen LogP contribution in [0.25, 0.3) is 0 Å². The Kier molecular flexibility index (Phi) is 4.62. The molecule has 2 aliphatic rings. The fraction of sp³-hybridized carbons (Fsp3) is 0.588. The van der Waals surface area contributed by atoms with Gasteiger partial charge in [-0.2, -0.15) is 0 Å². The standard InChI is InChI=1S/C17H24FN3O/c1-20-7-9-21(10-8-20)16-5-4-15(18)12-14(16)11-13-3-2-6-19-17(13)22/h4-5,12-13H,2-3,6-11H2,1H3,(H,19,22). The van der Waals surface area contributed by atoms with E-state index in [0.29, 0.717) is 6.42 Å². The van der Waals surface area contributed by atoms with Crippen molar-refractivity contribution in [3.8, 4) is 0 Å². The van der Waals surface area contributed by atoms with Gasteiger partial charge in [-0.3, -0.25) is 4.79 Å². The number of piperazine rings is 1. The van der Waals surface area contributed by atoms with Crippen LogP contribution in [0.4, 0.5) is 10.1 Å². The van der Waals surface area contributed by atoms with Crippen LogP contribution in [-0.4, -0.2) is 50.6 Å². The zero-order chi connectivity index (χ0) is 15.5. The number of carbonyl (C=O) groups excluding carboxylic acids is 1. The molecule has 0 aromatic heterocycles. The number of likely N-dealkylation sites (N-methyl/N-ethyl adjacent to an activating group) is 1. The molecule has 2 saturated heterocycles. The van der Waals surface area contributed by atoms with Gasteiger partial charge in [0.15, 0.2) is 0 Å². The van der Waals surface area contributed by atoms with E-state index >= 15 is 0 Å². The van der Waals surface area contributed by atoms with Crippen LogP contribution < -0.4 is 10.2 Å². The third-order valence-electron chi connectivity index (χ3n) is 4.75. The fourth-order valence-electron chi connectivity index (χ4n) is 3.37. The van der Waals surface area contributed by atoms with Gasteiger partial charge in [0.25, 0.3) is 0 Å². The zero-order valence-corrected chi connectivity index (χ0v) is 13.1. The first-order chi connectivity index (χ1) is 10.6. The normalized spacial score (nSPS) is 23.5. The highest BCUT2D eigenvalue weighted by Gasteiger charge is 2.25. The van der Waals surface area contributed by atoms with E-state index in [9.17, 15) is 9.18 Å². The summed E-state index contributed by atoms with van der Waals surface area (Å²) in [6, 6.07) is 5.00. The number of piperidine rings is 1. The van der Waals surface area contributed by atoms with Crippen molar-refractivity contribution < 1.29 is 9.18 Å². The molecule has 0 saturated carbocycles. The van der Waals surface area contributed by atoms with Gasteiger partial charge < -0.3 is 15.1 Å². The topological polar surface area (TPSA) is 35.6 Å². The van der Waals surface area contributed by atoms with Crippen molar-refractivity contribution in [2.24, 2.45) is 5.92 Å². The van der Waals surface area contributed by atoms with Gasteiger partial charge in [-0.1, -0.05) is 0 Å². The molecule has 0 bridgehead atoms. The number of halogens is 1. The Morgan fingerprint density at radius 1 is 1.27 bits per heavy atom. The van der Waals surface area contributed by atoms with Crippen LogP contribution in [0.1, 0.15) is 18.4 Å². The summed E-state index contributed by atoms with van der Waals surface area (Å²) >= 11 is 0. The van der Waals surface area contributed by atoms with E-state index < -0.39 is 0 Å². The number of anilines is 1. The molecule has 1 aromatic carbocycles. The number of hydrogen-bond acceptors (Lipinski definition) is 3. The molecule has 1 aromatic rings. The molecule has 0 aliphatic carbocycles. The van der Waals surface area contributed by atoms with Crippen LogP contribution in [0, 0.1) is 11.7 Å². The van der Waals surface area contributed by atoms with Crippen molar-refractivity contribution in [1.82, 2.24) is 10.2 Å². The van der Waals surface area contributed by atoms with E-state index in [1.54, 1.807) is 6.07 Å². The molecule has 2 aliphatic heterocycles. The van der Waals surface area contributed by atoms with Gasteiger partial charge in [0.2, 0.25) is 5.91 Å². The molecule has 0 spiro atoms. The number of nitrogens with one attached hydrogen (secondary N) is 1. The van der Waals surface area contributed by atoms with Crippen molar-refractivity contribution in [3.05, 3.63) is 29.6 Å². The maximum Gasteiger partial charge on any atom is 0.223 e. The Labute approximate surface area is 131 Å². The van der Waals surface area contributed by atoms with Crippen LogP contribution in [0.5, 0.6) is 0 Å². The molecule has 4 nitrogen and oxygen atoms in total. The Morgan fingerprint density at radius 3 is 2.77 bits per heavy atom. The maximum absolute atomic E-state index is 13.7. The van der Waals surface area contributed by atoms with Crippen molar-refractivity contribution >= 4 is 11.6 Å². The Bertz CT molecular complexity index is 541. The van der Waals surface area contributed by atoms with Crippen LogP contribution in [-0.2, 0) is 11.2 Å². The second kappa shape index (κ2) is 6.65. The van der Waals surface area contributed by atoms with Gasteiger partial charge in [-0.05, 0) is 50.1 Å². The monoisotopic (exact) mass is 305 g/mol. The first-order valence-electron chi connectivity index (χ1n) is 8.13. The lowest BCUT2D eigenvalue weighted by Gasteiger charge is -2.35. The number of carbonyl (C=O) groups is 1. The zero-order valence-electron chi connectivity index (χ0n) is 13.1. The predicted molar refractivity (Wildman–Crippen MR) is 85.5 cm³/mol. The minimum Gasteiger partial charge on any atom is -0.369 e. The van der Waals surface area contributed by atoms with Gasteiger partial charge >= 0.3 is 0 Å². The Hall–Kier alpha value is -1.62. The molecule has 2 heterocycles. The van der Waals surface area contributed by atoms with Crippen molar-refractivity contribution in [2.45, 2.75) is 19.3 Å². The summed E-state index contributed by atoms with van der Waals surface area (Å²) in [5, 5.41) is 2.92. The third kappa shape index (κ3) is 3.40. The van der Waals surface area contributed by atoms with E-state index in [1.165, 1.54) is 6.07 Å². The lowest BCUT2D eigenvalue weighted by atomic mass is 9.90. The van der Waals surface area contributed by atoms with Gasteiger partial charge in [-0.15, -0.1) is 0 Å². The van der Waals surface area contributed by atoms with E-state index in [-0.39, 0.29) is 17.6 Å². The molecular formula is C17H24FN3O. The molecule has 2 fully saturated rings. The molecule has 3 rings (SSSR count). The molecule has 0 radical (unpaired) electrons. The summed E-state index contributed by atoms with van der Waals surface area (Å²) in [7, 11) is 2.12. The van der Waals surface area contributed by atoms with Crippen molar-refractivity contribution in [1.29, 1.82) is 0 Å². The Morgan fingerprint density at radius 2 is 2.05 bits per heavy atom. The van der Waals surface area contributed by atoms with Crippen molar-refractivity contribution in [3.63, 3.8) is 0 Å². The smallest absolute Gasteiger partial charge is 0.223 e. The average molecular weight is 305 g/mol. The third-order valence-corrected chi connectivity index (χ3v) is 4.75. The number of nitrogens with zero attached hydrogens (tertiary/aromatic N) is 2.